The Morgan fingerprint density at radius 2 is 1.40 bits per heavy atom. The van der Waals surface area contributed by atoms with Gasteiger partial charge in [-0.25, -0.2) is 0 Å². The highest BCUT2D eigenvalue weighted by molar-refractivity contribution is 9.10. The lowest BCUT2D eigenvalue weighted by Gasteiger charge is -2.13. The molecule has 0 fully saturated rings. The Morgan fingerprint density at radius 1 is 0.775 bits per heavy atom. The van der Waals surface area contributed by atoms with Crippen LogP contribution >= 0.6 is 15.9 Å². The van der Waals surface area contributed by atoms with Gasteiger partial charge in [0.1, 0.15) is 0 Å². The smallest absolute Gasteiger partial charge is 0.352 e. The summed E-state index contributed by atoms with van der Waals surface area (Å²) in [5.74, 6) is -0.0575. The molecule has 1 amide bonds. The molecule has 0 aliphatic rings. The van der Waals surface area contributed by atoms with Crippen LogP contribution in [0.3, 0.4) is 0 Å². The van der Waals surface area contributed by atoms with Gasteiger partial charge in [0.05, 0.1) is 5.56 Å². The van der Waals surface area contributed by atoms with Crippen molar-refractivity contribution in [1.82, 2.24) is 5.32 Å². The maximum Gasteiger partial charge on any atom is 0.417 e. The maximum absolute atomic E-state index is 13.4. The van der Waals surface area contributed by atoms with E-state index in [9.17, 15) is 18.0 Å². The third kappa shape index (κ3) is 10.4. The molecule has 216 valence electrons. The minimum absolute atomic E-state index is 0.0575. The predicted molar refractivity (Wildman–Crippen MR) is 163 cm³/mol. The van der Waals surface area contributed by atoms with Crippen molar-refractivity contribution in [2.45, 2.75) is 90.1 Å². The summed E-state index contributed by atoms with van der Waals surface area (Å²) in [5, 5.41) is 3.03. The maximum atomic E-state index is 13.4. The molecule has 0 saturated heterocycles. The van der Waals surface area contributed by atoms with E-state index >= 15 is 0 Å². The van der Waals surface area contributed by atoms with Gasteiger partial charge in [0.15, 0.2) is 0 Å². The number of hydrogen-bond donors (Lipinski definition) is 1. The van der Waals surface area contributed by atoms with Crippen molar-refractivity contribution in [3.05, 3.63) is 93.5 Å². The fourth-order valence-corrected chi connectivity index (χ4v) is 5.50. The van der Waals surface area contributed by atoms with E-state index in [0.29, 0.717) is 17.7 Å². The van der Waals surface area contributed by atoms with E-state index in [1.165, 1.54) is 63.5 Å². The molecule has 1 N–H and O–H groups in total. The minimum atomic E-state index is -4.39. The van der Waals surface area contributed by atoms with Gasteiger partial charge in [-0.1, -0.05) is 129 Å². The largest absolute Gasteiger partial charge is 0.417 e. The zero-order valence-electron chi connectivity index (χ0n) is 23.5. The average Bonchev–Trinajstić information content (AvgIpc) is 2.95. The summed E-state index contributed by atoms with van der Waals surface area (Å²) in [6, 6.07) is 18.6. The normalized spacial score (nSPS) is 11.5. The number of alkyl halides is 3. The predicted octanol–water partition coefficient (Wildman–Crippen LogP) is 10.6. The number of benzene rings is 3. The lowest BCUT2D eigenvalue weighted by molar-refractivity contribution is -0.137. The lowest BCUT2D eigenvalue weighted by Crippen LogP contribution is -2.24. The molecule has 0 atom stereocenters. The first kappa shape index (κ1) is 31.9. The number of amides is 1. The van der Waals surface area contributed by atoms with Crippen LogP contribution in [0.1, 0.15) is 98.2 Å². The Balaban J connectivity index is 1.41. The van der Waals surface area contributed by atoms with Gasteiger partial charge in [0, 0.05) is 16.6 Å². The first-order valence-electron chi connectivity index (χ1n) is 14.6. The second-order valence-corrected chi connectivity index (χ2v) is 11.3. The summed E-state index contributed by atoms with van der Waals surface area (Å²) < 4.78 is 41.0. The molecular formula is C34H41BrF3NO. The first-order valence-corrected chi connectivity index (χ1v) is 15.4. The van der Waals surface area contributed by atoms with Gasteiger partial charge in [-0.2, -0.15) is 13.2 Å². The topological polar surface area (TPSA) is 29.1 Å². The molecule has 0 aliphatic carbocycles. The minimum Gasteiger partial charge on any atom is -0.352 e. The standard InChI is InChI=1S/C34H41BrF3NO/c1-2-3-4-5-6-7-8-9-10-13-24-39-33(40)29-23-22-28(32(35)25-29)21-18-26-16-19-27(20-17-26)30-14-11-12-15-31(30)34(36,37)38/h11-12,14-17,19-20,22-23,25H,2-10,13,18,21,24H2,1H3,(H,39,40). The van der Waals surface area contributed by atoms with Gasteiger partial charge in [-0.3, -0.25) is 4.79 Å². The van der Waals surface area contributed by atoms with Crippen LogP contribution in [0, 0.1) is 0 Å². The van der Waals surface area contributed by atoms with Crippen molar-refractivity contribution in [2.24, 2.45) is 0 Å². The molecule has 6 heteroatoms. The van der Waals surface area contributed by atoms with E-state index in [0.717, 1.165) is 47.3 Å². The van der Waals surface area contributed by atoms with Crippen LogP contribution < -0.4 is 5.32 Å². The molecule has 0 bridgehead atoms. The molecule has 0 aliphatic heterocycles. The Morgan fingerprint density at radius 3 is 2.02 bits per heavy atom. The highest BCUT2D eigenvalue weighted by Crippen LogP contribution is 2.37. The van der Waals surface area contributed by atoms with Crippen LogP contribution in [-0.2, 0) is 19.0 Å². The number of halogens is 4. The van der Waals surface area contributed by atoms with E-state index in [1.807, 2.05) is 30.3 Å². The Labute approximate surface area is 245 Å². The Hall–Kier alpha value is -2.60. The monoisotopic (exact) mass is 615 g/mol. The lowest BCUT2D eigenvalue weighted by atomic mass is 9.97. The Kier molecular flexibility index (Phi) is 13.3. The quantitative estimate of drug-likeness (QED) is 0.159. The van der Waals surface area contributed by atoms with E-state index < -0.39 is 11.7 Å². The van der Waals surface area contributed by atoms with Crippen molar-refractivity contribution >= 4 is 21.8 Å². The number of unbranched alkanes of at least 4 members (excludes halogenated alkanes) is 9. The third-order valence-electron chi connectivity index (χ3n) is 7.31. The van der Waals surface area contributed by atoms with Crippen LogP contribution in [0.4, 0.5) is 13.2 Å². The molecule has 0 saturated carbocycles. The molecule has 0 unspecified atom stereocenters. The van der Waals surface area contributed by atoms with Crippen molar-refractivity contribution in [2.75, 3.05) is 6.54 Å². The molecule has 40 heavy (non-hydrogen) atoms. The van der Waals surface area contributed by atoms with Crippen LogP contribution in [0.5, 0.6) is 0 Å². The van der Waals surface area contributed by atoms with Crippen molar-refractivity contribution in [3.8, 4) is 11.1 Å². The Bertz CT molecular complexity index is 1190. The molecular weight excluding hydrogens is 575 g/mol. The fraction of sp³-hybridized carbons (Fsp3) is 0.441. The van der Waals surface area contributed by atoms with E-state index in [2.05, 4.69) is 28.2 Å². The molecule has 0 radical (unpaired) electrons. The summed E-state index contributed by atoms with van der Waals surface area (Å²) in [6.07, 6.45) is 9.78. The summed E-state index contributed by atoms with van der Waals surface area (Å²) in [6.45, 7) is 2.94. The van der Waals surface area contributed by atoms with Crippen LogP contribution in [-0.4, -0.2) is 12.5 Å². The number of nitrogens with one attached hydrogen (secondary N) is 1. The number of hydrogen-bond acceptors (Lipinski definition) is 1. The second kappa shape index (κ2) is 16.6. The van der Waals surface area contributed by atoms with Crippen molar-refractivity contribution < 1.29 is 18.0 Å². The highest BCUT2D eigenvalue weighted by atomic mass is 79.9. The molecule has 3 aromatic carbocycles. The van der Waals surface area contributed by atoms with E-state index in [-0.39, 0.29) is 11.5 Å². The van der Waals surface area contributed by atoms with Gasteiger partial charge >= 0.3 is 6.18 Å². The van der Waals surface area contributed by atoms with Gasteiger partial charge < -0.3 is 5.32 Å². The van der Waals surface area contributed by atoms with E-state index in [1.54, 1.807) is 18.2 Å². The van der Waals surface area contributed by atoms with Gasteiger partial charge in [0.2, 0.25) is 0 Å². The SMILES string of the molecule is CCCCCCCCCCCCNC(=O)c1ccc(CCc2ccc(-c3ccccc3C(F)(F)F)cc2)c(Br)c1. The number of carbonyl (C=O) groups is 1. The van der Waals surface area contributed by atoms with Crippen molar-refractivity contribution in [3.63, 3.8) is 0 Å². The number of aryl methyl sites for hydroxylation is 2. The zero-order chi connectivity index (χ0) is 28.8. The highest BCUT2D eigenvalue weighted by Gasteiger charge is 2.33. The summed E-state index contributed by atoms with van der Waals surface area (Å²) >= 11 is 3.61. The molecule has 3 rings (SSSR count). The van der Waals surface area contributed by atoms with Crippen LogP contribution in [0.25, 0.3) is 11.1 Å². The molecule has 2 nitrogen and oxygen atoms in total. The van der Waals surface area contributed by atoms with Gasteiger partial charge in [-0.15, -0.1) is 0 Å². The number of carbonyl (C=O) groups excluding carboxylic acids is 1. The fourth-order valence-electron chi connectivity index (χ4n) is 4.92. The van der Waals surface area contributed by atoms with Crippen molar-refractivity contribution in [1.29, 1.82) is 0 Å². The van der Waals surface area contributed by atoms with Gasteiger partial charge in [-0.05, 0) is 59.7 Å². The van der Waals surface area contributed by atoms with Crippen LogP contribution in [0.2, 0.25) is 0 Å². The summed E-state index contributed by atoms with van der Waals surface area (Å²) in [5.41, 5.74) is 2.86. The van der Waals surface area contributed by atoms with Gasteiger partial charge in [0.25, 0.3) is 5.91 Å². The second-order valence-electron chi connectivity index (χ2n) is 10.5. The summed E-state index contributed by atoms with van der Waals surface area (Å²) in [4.78, 5) is 12.6. The zero-order valence-corrected chi connectivity index (χ0v) is 25.0. The molecule has 0 aromatic heterocycles. The van der Waals surface area contributed by atoms with Crippen LogP contribution in [0.15, 0.2) is 71.2 Å². The third-order valence-corrected chi connectivity index (χ3v) is 8.05. The number of rotatable bonds is 16. The summed E-state index contributed by atoms with van der Waals surface area (Å²) in [7, 11) is 0. The molecule has 3 aromatic rings. The first-order chi connectivity index (χ1) is 19.3. The molecule has 0 heterocycles. The average molecular weight is 617 g/mol. The van der Waals surface area contributed by atoms with E-state index in [4.69, 9.17) is 0 Å². The molecule has 0 spiro atoms.